The number of allylic oxidation sites excluding steroid dienone is 10. The summed E-state index contributed by atoms with van der Waals surface area (Å²) in [7, 11) is 0. The molecule has 6 heteroatoms. The third kappa shape index (κ3) is 13.9. The van der Waals surface area contributed by atoms with Crippen molar-refractivity contribution in [1.29, 1.82) is 0 Å². The van der Waals surface area contributed by atoms with Crippen molar-refractivity contribution in [3.8, 4) is 0 Å². The first-order chi connectivity index (χ1) is 26.8. The lowest BCUT2D eigenvalue weighted by molar-refractivity contribution is -0.158. The summed E-state index contributed by atoms with van der Waals surface area (Å²) in [6.07, 6.45) is 42.3. The Morgan fingerprint density at radius 2 is 1.33 bits per heavy atom. The summed E-state index contributed by atoms with van der Waals surface area (Å²) in [6, 6.07) is 0. The third-order valence-electron chi connectivity index (χ3n) is 14.3. The number of rotatable bonds is 24. The molecule has 3 N–H and O–H groups in total. The summed E-state index contributed by atoms with van der Waals surface area (Å²) >= 11 is 0. The van der Waals surface area contributed by atoms with Crippen molar-refractivity contribution in [1.82, 2.24) is 10.6 Å². The Balaban J connectivity index is 0.990. The van der Waals surface area contributed by atoms with Gasteiger partial charge in [0.05, 0.1) is 19.3 Å². The highest BCUT2D eigenvalue weighted by molar-refractivity contribution is 5.76. The number of carbonyl (C=O) groups is 2. The Hall–Kier alpha value is -2.44. The van der Waals surface area contributed by atoms with Gasteiger partial charge < -0.3 is 20.5 Å². The highest BCUT2D eigenvalue weighted by atomic mass is 16.5. The van der Waals surface area contributed by atoms with Crippen LogP contribution in [0.1, 0.15) is 150 Å². The third-order valence-corrected chi connectivity index (χ3v) is 14.3. The number of fused-ring (bicyclic) bond motifs is 5. The van der Waals surface area contributed by atoms with E-state index in [4.69, 9.17) is 4.74 Å². The van der Waals surface area contributed by atoms with Gasteiger partial charge in [-0.2, -0.15) is 0 Å². The van der Waals surface area contributed by atoms with E-state index in [2.05, 4.69) is 99.1 Å². The lowest BCUT2D eigenvalue weighted by atomic mass is 9.46. The van der Waals surface area contributed by atoms with Gasteiger partial charge in [-0.1, -0.05) is 108 Å². The van der Waals surface area contributed by atoms with E-state index < -0.39 is 0 Å². The van der Waals surface area contributed by atoms with Gasteiger partial charge in [0, 0.05) is 25.9 Å². The molecule has 2 amide bonds. The molecule has 0 aromatic carbocycles. The maximum Gasteiger partial charge on any atom is 0.220 e. The molecular formula is C49H80N2O4. The van der Waals surface area contributed by atoms with Crippen LogP contribution in [0, 0.1) is 52.8 Å². The molecule has 0 bridgehead atoms. The van der Waals surface area contributed by atoms with E-state index in [9.17, 15) is 14.7 Å². The summed E-state index contributed by atoms with van der Waals surface area (Å²) in [4.78, 5) is 24.9. The minimum absolute atomic E-state index is 0.0618. The van der Waals surface area contributed by atoms with Gasteiger partial charge in [0.25, 0.3) is 0 Å². The number of carbonyl (C=O) groups excluding carboxylic acids is 2. The van der Waals surface area contributed by atoms with E-state index in [1.165, 1.54) is 51.4 Å². The first-order valence-electron chi connectivity index (χ1n) is 22.9. The van der Waals surface area contributed by atoms with Gasteiger partial charge in [0.15, 0.2) is 0 Å². The Morgan fingerprint density at radius 3 is 1.95 bits per heavy atom. The van der Waals surface area contributed by atoms with E-state index >= 15 is 0 Å². The second-order valence-corrected chi connectivity index (χ2v) is 17.7. The number of unbranched alkanes of at least 4 members (excludes halogenated alkanes) is 1. The lowest BCUT2D eigenvalue weighted by Crippen LogP contribution is -2.57. The second-order valence-electron chi connectivity index (χ2n) is 17.7. The van der Waals surface area contributed by atoms with Gasteiger partial charge in [-0.3, -0.25) is 9.59 Å². The molecule has 0 saturated heterocycles. The van der Waals surface area contributed by atoms with E-state index in [1.54, 1.807) is 0 Å². The summed E-state index contributed by atoms with van der Waals surface area (Å²) < 4.78 is 5.68. The molecule has 310 valence electrons. The smallest absolute Gasteiger partial charge is 0.220 e. The molecular weight excluding hydrogens is 681 g/mol. The van der Waals surface area contributed by atoms with Crippen LogP contribution in [0.3, 0.4) is 0 Å². The maximum atomic E-state index is 12.8. The number of aliphatic hydroxyl groups excluding tert-OH is 1. The molecule has 0 heterocycles. The van der Waals surface area contributed by atoms with Crippen LogP contribution < -0.4 is 10.6 Å². The van der Waals surface area contributed by atoms with Crippen molar-refractivity contribution in [3.63, 3.8) is 0 Å². The van der Waals surface area contributed by atoms with Gasteiger partial charge in [-0.05, 0) is 143 Å². The molecule has 4 rings (SSSR count). The van der Waals surface area contributed by atoms with Crippen LogP contribution in [-0.2, 0) is 14.3 Å². The van der Waals surface area contributed by atoms with Gasteiger partial charge >= 0.3 is 0 Å². The summed E-state index contributed by atoms with van der Waals surface area (Å²) in [5.74, 6) is 5.25. The fourth-order valence-electron chi connectivity index (χ4n) is 11.6. The zero-order valence-corrected chi connectivity index (χ0v) is 35.4. The van der Waals surface area contributed by atoms with Crippen LogP contribution in [0.2, 0.25) is 0 Å². The van der Waals surface area contributed by atoms with Crippen LogP contribution in [0.15, 0.2) is 60.8 Å². The fourth-order valence-corrected chi connectivity index (χ4v) is 11.6. The molecule has 4 aliphatic rings. The average molecular weight is 761 g/mol. The minimum Gasteiger partial charge on any atom is -0.393 e. The standard InChI is InChI=1S/C49H80N2O4/c1-5-7-8-9-10-11-12-13-14-15-16-17-18-19-20-21-22-27-45(52)50-34-36-55-37-35-51-46(53)31-28-38(3)43-29-30-44-47-42(32-33-49(43,44)4)41-26-24-23-25-40(41)39(6-2)48(47)54/h7-8,10-11,13-14,16-17,19-20,38-44,47-48,54H,5-6,9,12,15,18,21-37H2,1-4H3,(H,50,52)(H,51,53). The van der Waals surface area contributed by atoms with Crippen LogP contribution >= 0.6 is 0 Å². The molecule has 10 atom stereocenters. The van der Waals surface area contributed by atoms with Gasteiger partial charge in [-0.15, -0.1) is 0 Å². The Kier molecular flexibility index (Phi) is 20.6. The lowest BCUT2D eigenvalue weighted by Gasteiger charge is -2.60. The monoisotopic (exact) mass is 761 g/mol. The van der Waals surface area contributed by atoms with Crippen LogP contribution in [0.25, 0.3) is 0 Å². The van der Waals surface area contributed by atoms with Crippen LogP contribution in [0.5, 0.6) is 0 Å². The van der Waals surface area contributed by atoms with Crippen molar-refractivity contribution in [2.45, 2.75) is 156 Å². The van der Waals surface area contributed by atoms with Crippen LogP contribution in [0.4, 0.5) is 0 Å². The van der Waals surface area contributed by atoms with Crippen molar-refractivity contribution < 1.29 is 19.4 Å². The van der Waals surface area contributed by atoms with E-state index in [0.717, 1.165) is 75.5 Å². The Morgan fingerprint density at radius 1 is 0.745 bits per heavy atom. The minimum atomic E-state index is -0.122. The molecule has 6 nitrogen and oxygen atoms in total. The molecule has 0 radical (unpaired) electrons. The van der Waals surface area contributed by atoms with Crippen molar-refractivity contribution in [2.75, 3.05) is 26.3 Å². The van der Waals surface area contributed by atoms with Crippen molar-refractivity contribution in [2.24, 2.45) is 52.8 Å². The molecule has 0 spiro atoms. The summed E-state index contributed by atoms with van der Waals surface area (Å²) in [5, 5.41) is 17.9. The number of hydrogen-bond acceptors (Lipinski definition) is 4. The average Bonchev–Trinajstić information content (AvgIpc) is 3.54. The van der Waals surface area contributed by atoms with E-state index in [1.807, 2.05) is 0 Å². The second kappa shape index (κ2) is 25.0. The van der Waals surface area contributed by atoms with E-state index in [0.29, 0.717) is 68.7 Å². The van der Waals surface area contributed by atoms with Gasteiger partial charge in [-0.25, -0.2) is 0 Å². The number of aliphatic hydroxyl groups is 1. The highest BCUT2D eigenvalue weighted by Crippen LogP contribution is 2.66. The first-order valence-corrected chi connectivity index (χ1v) is 22.9. The molecule has 0 aliphatic heterocycles. The largest absolute Gasteiger partial charge is 0.393 e. The maximum absolute atomic E-state index is 12.8. The zero-order valence-electron chi connectivity index (χ0n) is 35.4. The van der Waals surface area contributed by atoms with Gasteiger partial charge in [0.2, 0.25) is 11.8 Å². The first kappa shape index (κ1) is 45.3. The number of hydrogen-bond donors (Lipinski definition) is 3. The predicted octanol–water partition coefficient (Wildman–Crippen LogP) is 10.8. The topological polar surface area (TPSA) is 87.7 Å². The van der Waals surface area contributed by atoms with Crippen molar-refractivity contribution >= 4 is 11.8 Å². The summed E-state index contributed by atoms with van der Waals surface area (Å²) in [6.45, 7) is 11.3. The number of ether oxygens (including phenoxy) is 1. The summed E-state index contributed by atoms with van der Waals surface area (Å²) in [5.41, 5.74) is 0.289. The quantitative estimate of drug-likeness (QED) is 0.0675. The molecule has 0 aromatic heterocycles. The molecule has 4 fully saturated rings. The highest BCUT2D eigenvalue weighted by Gasteiger charge is 2.61. The predicted molar refractivity (Wildman–Crippen MR) is 229 cm³/mol. The van der Waals surface area contributed by atoms with Gasteiger partial charge in [0.1, 0.15) is 0 Å². The SMILES string of the molecule is CCC=CCC=CCC=CCC=CCC=CCCCC(=O)NCCOCCNC(=O)CCC(C)C1CCC2C3C(O)C(CC)C4CCCCC4C3CCC12C. The molecule has 0 aromatic rings. The Bertz CT molecular complexity index is 1270. The number of nitrogens with one attached hydrogen (secondary N) is 2. The molecule has 4 saturated carbocycles. The molecule has 55 heavy (non-hydrogen) atoms. The molecule has 10 unspecified atom stereocenters. The van der Waals surface area contributed by atoms with Crippen molar-refractivity contribution in [3.05, 3.63) is 60.8 Å². The number of amides is 2. The van der Waals surface area contributed by atoms with E-state index in [-0.39, 0.29) is 23.3 Å². The van der Waals surface area contributed by atoms with Crippen LogP contribution in [-0.4, -0.2) is 49.3 Å². The zero-order chi connectivity index (χ0) is 39.3. The fraction of sp³-hybridized carbons (Fsp3) is 0.755. The Labute approximate surface area is 336 Å². The molecule has 4 aliphatic carbocycles. The normalized spacial score (nSPS) is 31.4.